The van der Waals surface area contributed by atoms with Crippen LogP contribution in [0.2, 0.25) is 0 Å². The van der Waals surface area contributed by atoms with Gasteiger partial charge in [-0.15, -0.1) is 0 Å². The van der Waals surface area contributed by atoms with E-state index in [9.17, 15) is 9.59 Å². The Morgan fingerprint density at radius 2 is 1.75 bits per heavy atom. The van der Waals surface area contributed by atoms with Gasteiger partial charge in [0.2, 0.25) is 5.91 Å². The lowest BCUT2D eigenvalue weighted by molar-refractivity contribution is -0.132. The van der Waals surface area contributed by atoms with Gasteiger partial charge in [-0.3, -0.25) is 4.79 Å². The molecule has 7 nitrogen and oxygen atoms in total. The van der Waals surface area contributed by atoms with E-state index >= 15 is 0 Å². The Morgan fingerprint density at radius 3 is 2.53 bits per heavy atom. The lowest BCUT2D eigenvalue weighted by Gasteiger charge is -2.25. The number of carbonyl (C=O) groups excluding carboxylic acids is 2. The molecule has 2 amide bonds. The van der Waals surface area contributed by atoms with Crippen LogP contribution in [0.5, 0.6) is 5.75 Å². The van der Waals surface area contributed by atoms with Gasteiger partial charge in [0.15, 0.2) is 0 Å². The zero-order chi connectivity index (χ0) is 25.5. The molecule has 1 aromatic heterocycles. The number of hydrogen-bond donors (Lipinski definition) is 2. The lowest BCUT2D eigenvalue weighted by atomic mass is 10.0. The molecule has 0 aliphatic heterocycles. The van der Waals surface area contributed by atoms with Crippen molar-refractivity contribution in [3.05, 3.63) is 101 Å². The van der Waals surface area contributed by atoms with Crippen LogP contribution in [-0.4, -0.2) is 42.1 Å². The average Bonchev–Trinajstić information content (AvgIpc) is 3.30. The average molecular weight is 486 g/mol. The molecule has 4 aromatic rings. The van der Waals surface area contributed by atoms with Crippen LogP contribution in [0.1, 0.15) is 22.3 Å². The van der Waals surface area contributed by atoms with Gasteiger partial charge < -0.3 is 24.7 Å². The molecule has 1 heterocycles. The Kier molecular flexibility index (Phi) is 7.90. The summed E-state index contributed by atoms with van der Waals surface area (Å²) in [7, 11) is 3.34. The van der Waals surface area contributed by atoms with E-state index in [0.717, 1.165) is 33.2 Å². The molecule has 2 N–H and O–H groups in total. The second kappa shape index (κ2) is 11.4. The van der Waals surface area contributed by atoms with E-state index in [-0.39, 0.29) is 12.5 Å². The van der Waals surface area contributed by atoms with Gasteiger partial charge in [0.05, 0.1) is 7.11 Å². The fraction of sp³-hybridized carbons (Fsp3) is 0.241. The van der Waals surface area contributed by atoms with Crippen molar-refractivity contribution in [2.24, 2.45) is 0 Å². The van der Waals surface area contributed by atoms with Crippen molar-refractivity contribution in [1.82, 2.24) is 15.2 Å². The van der Waals surface area contributed by atoms with Crippen molar-refractivity contribution in [1.29, 1.82) is 0 Å². The molecule has 0 saturated heterocycles. The van der Waals surface area contributed by atoms with Crippen molar-refractivity contribution < 1.29 is 19.1 Å². The third-order valence-corrected chi connectivity index (χ3v) is 6.12. The molecule has 0 saturated carbocycles. The summed E-state index contributed by atoms with van der Waals surface area (Å²) < 4.78 is 10.9. The number of benzene rings is 3. The molecule has 0 radical (unpaired) electrons. The van der Waals surface area contributed by atoms with Gasteiger partial charge in [0, 0.05) is 42.7 Å². The number of nitrogens with zero attached hydrogens (tertiary/aromatic N) is 1. The maximum absolute atomic E-state index is 13.6. The Morgan fingerprint density at radius 1 is 1.00 bits per heavy atom. The van der Waals surface area contributed by atoms with E-state index in [1.165, 1.54) is 0 Å². The minimum atomic E-state index is -0.812. The number of alkyl carbamates (subject to hydrolysis) is 1. The maximum Gasteiger partial charge on any atom is 0.408 e. The molecule has 4 rings (SSSR count). The molecule has 0 aliphatic carbocycles. The maximum atomic E-state index is 13.6. The van der Waals surface area contributed by atoms with Crippen LogP contribution >= 0.6 is 0 Å². The number of para-hydroxylation sites is 1. The second-order valence-corrected chi connectivity index (χ2v) is 8.83. The van der Waals surface area contributed by atoms with Crippen LogP contribution in [0.25, 0.3) is 10.9 Å². The predicted octanol–water partition coefficient (Wildman–Crippen LogP) is 4.98. The van der Waals surface area contributed by atoms with Gasteiger partial charge in [-0.05, 0) is 30.2 Å². The fourth-order valence-corrected chi connectivity index (χ4v) is 4.26. The Labute approximate surface area is 211 Å². The van der Waals surface area contributed by atoms with Gasteiger partial charge >= 0.3 is 6.09 Å². The van der Waals surface area contributed by atoms with Crippen molar-refractivity contribution in [2.45, 2.75) is 32.5 Å². The van der Waals surface area contributed by atoms with E-state index < -0.39 is 12.1 Å². The van der Waals surface area contributed by atoms with Crippen molar-refractivity contribution >= 4 is 22.9 Å². The zero-order valence-electron chi connectivity index (χ0n) is 20.8. The van der Waals surface area contributed by atoms with Crippen LogP contribution in [-0.2, 0) is 29.1 Å². The highest BCUT2D eigenvalue weighted by atomic mass is 16.5. The highest BCUT2D eigenvalue weighted by Crippen LogP contribution is 2.23. The minimum Gasteiger partial charge on any atom is -0.496 e. The van der Waals surface area contributed by atoms with Crippen molar-refractivity contribution in [2.75, 3.05) is 14.2 Å². The molecule has 0 bridgehead atoms. The van der Waals surface area contributed by atoms with Crippen LogP contribution in [0.3, 0.4) is 0 Å². The number of hydrogen-bond acceptors (Lipinski definition) is 4. The summed E-state index contributed by atoms with van der Waals surface area (Å²) in [6.07, 6.45) is 1.56. The molecule has 3 aromatic carbocycles. The van der Waals surface area contributed by atoms with Gasteiger partial charge in [0.25, 0.3) is 0 Å². The number of likely N-dealkylation sites (N-methyl/N-ethyl adjacent to an activating group) is 1. The molecule has 0 fully saturated rings. The molecular weight excluding hydrogens is 454 g/mol. The van der Waals surface area contributed by atoms with Crippen LogP contribution in [0.15, 0.2) is 79.0 Å². The lowest BCUT2D eigenvalue weighted by Crippen LogP contribution is -2.48. The van der Waals surface area contributed by atoms with Gasteiger partial charge in [-0.2, -0.15) is 0 Å². The summed E-state index contributed by atoms with van der Waals surface area (Å²) in [6, 6.07) is 22.4. The summed E-state index contributed by atoms with van der Waals surface area (Å²) in [5, 5.41) is 3.81. The van der Waals surface area contributed by atoms with E-state index in [0.29, 0.717) is 18.7 Å². The first-order chi connectivity index (χ1) is 17.4. The summed E-state index contributed by atoms with van der Waals surface area (Å²) >= 11 is 0. The quantitative estimate of drug-likeness (QED) is 0.350. The number of methoxy groups -OCH3 is 1. The van der Waals surface area contributed by atoms with E-state index in [2.05, 4.69) is 10.3 Å². The Bertz CT molecular complexity index is 1330. The first kappa shape index (κ1) is 24.9. The number of aromatic amines is 1. The van der Waals surface area contributed by atoms with Gasteiger partial charge in [0.1, 0.15) is 18.4 Å². The number of ether oxygens (including phenoxy) is 2. The molecule has 36 heavy (non-hydrogen) atoms. The largest absolute Gasteiger partial charge is 0.496 e. The first-order valence-electron chi connectivity index (χ1n) is 11.9. The number of H-pyrrole nitrogens is 1. The van der Waals surface area contributed by atoms with Crippen LogP contribution < -0.4 is 10.1 Å². The van der Waals surface area contributed by atoms with Gasteiger partial charge in [-0.25, -0.2) is 4.79 Å². The molecule has 7 heteroatoms. The molecular formula is C29H31N3O4. The topological polar surface area (TPSA) is 83.7 Å². The monoisotopic (exact) mass is 485 g/mol. The Balaban J connectivity index is 1.52. The summed E-state index contributed by atoms with van der Waals surface area (Å²) in [6.45, 7) is 2.46. The normalized spacial score (nSPS) is 11.6. The number of fused-ring (bicyclic) bond motifs is 1. The number of rotatable bonds is 9. The first-order valence-corrected chi connectivity index (χ1v) is 11.9. The molecule has 186 valence electrons. The SMILES string of the molecule is COc1ccc(C)cc1CN(C)C(=O)[C@H](Cc1c[nH]c2ccccc12)NC(=O)OCc1ccccc1. The second-order valence-electron chi connectivity index (χ2n) is 8.83. The molecule has 1 atom stereocenters. The third kappa shape index (κ3) is 6.05. The van der Waals surface area contributed by atoms with E-state index in [1.54, 1.807) is 19.1 Å². The highest BCUT2D eigenvalue weighted by molar-refractivity contribution is 5.88. The molecule has 0 unspecified atom stereocenters. The van der Waals surface area contributed by atoms with Crippen molar-refractivity contribution in [3.63, 3.8) is 0 Å². The third-order valence-electron chi connectivity index (χ3n) is 6.12. The smallest absolute Gasteiger partial charge is 0.408 e. The number of amides is 2. The summed E-state index contributed by atoms with van der Waals surface area (Å²) in [5.41, 5.74) is 4.75. The van der Waals surface area contributed by atoms with E-state index in [4.69, 9.17) is 9.47 Å². The standard InChI is InChI=1S/C29H31N3O4/c1-20-13-14-27(35-3)23(15-20)18-32(2)28(33)26(16-22-17-30-25-12-8-7-11-24(22)25)31-29(34)36-19-21-9-5-4-6-10-21/h4-15,17,26,30H,16,18-19H2,1-3H3,(H,31,34)/t26-/m0/s1. The Hall–Kier alpha value is -4.26. The van der Waals surface area contributed by atoms with E-state index in [1.807, 2.05) is 85.9 Å². The summed E-state index contributed by atoms with van der Waals surface area (Å²) in [4.78, 5) is 31.2. The minimum absolute atomic E-state index is 0.122. The number of nitrogens with one attached hydrogen (secondary N) is 2. The number of aromatic nitrogens is 1. The predicted molar refractivity (Wildman–Crippen MR) is 140 cm³/mol. The zero-order valence-corrected chi connectivity index (χ0v) is 20.8. The number of carbonyl (C=O) groups is 2. The van der Waals surface area contributed by atoms with Crippen molar-refractivity contribution in [3.8, 4) is 5.75 Å². The van der Waals surface area contributed by atoms with Crippen LogP contribution in [0, 0.1) is 6.92 Å². The molecule has 0 aliphatic rings. The summed E-state index contributed by atoms with van der Waals surface area (Å²) in [5.74, 6) is 0.490. The molecule has 0 spiro atoms. The number of aryl methyl sites for hydroxylation is 1. The fourth-order valence-electron chi connectivity index (χ4n) is 4.26. The van der Waals surface area contributed by atoms with Gasteiger partial charge in [-0.1, -0.05) is 66.2 Å². The highest BCUT2D eigenvalue weighted by Gasteiger charge is 2.27. The van der Waals surface area contributed by atoms with Crippen LogP contribution in [0.4, 0.5) is 4.79 Å².